The molecule has 1 amide bonds. The van der Waals surface area contributed by atoms with E-state index in [1.807, 2.05) is 31.2 Å². The van der Waals surface area contributed by atoms with Crippen molar-refractivity contribution < 1.29 is 4.79 Å². The Kier molecular flexibility index (Phi) is 2.00. The van der Waals surface area contributed by atoms with Crippen LogP contribution < -0.4 is 11.1 Å². The van der Waals surface area contributed by atoms with Crippen molar-refractivity contribution in [2.75, 3.05) is 0 Å². The molecule has 0 aromatic heterocycles. The zero-order chi connectivity index (χ0) is 11.1. The highest BCUT2D eigenvalue weighted by Gasteiger charge is 2.40. The fraction of sp³-hybridized carbons (Fsp3) is 0.273. The second-order valence-corrected chi connectivity index (χ2v) is 3.84. The minimum atomic E-state index is -0.880. The monoisotopic (exact) mass is 203 g/mol. The van der Waals surface area contributed by atoms with Crippen molar-refractivity contribution >= 4 is 11.9 Å². The highest BCUT2D eigenvalue weighted by molar-refractivity contribution is 6.07. The maximum atomic E-state index is 11.8. The van der Waals surface area contributed by atoms with Crippen LogP contribution in [0.25, 0.3) is 0 Å². The van der Waals surface area contributed by atoms with Crippen molar-refractivity contribution in [2.45, 2.75) is 19.4 Å². The number of carbonyl (C=O) groups is 1. The lowest BCUT2D eigenvalue weighted by Gasteiger charge is -2.20. The number of carbonyl (C=O) groups excluding carboxylic acids is 1. The van der Waals surface area contributed by atoms with Gasteiger partial charge in [-0.1, -0.05) is 24.3 Å². The van der Waals surface area contributed by atoms with Gasteiger partial charge in [0.2, 0.25) is 0 Å². The van der Waals surface area contributed by atoms with E-state index in [4.69, 9.17) is 5.73 Å². The molecule has 15 heavy (non-hydrogen) atoms. The van der Waals surface area contributed by atoms with Crippen LogP contribution in [-0.4, -0.2) is 11.9 Å². The number of nitrogens with zero attached hydrogens (tertiary/aromatic N) is 1. The Hall–Kier alpha value is -1.84. The lowest BCUT2D eigenvalue weighted by Crippen LogP contribution is -2.37. The number of hydrogen-bond donors (Lipinski definition) is 2. The predicted octanol–water partition coefficient (Wildman–Crippen LogP) is 0.655. The lowest BCUT2D eigenvalue weighted by molar-refractivity contribution is -0.123. The minimum absolute atomic E-state index is 0.172. The van der Waals surface area contributed by atoms with Gasteiger partial charge in [0.1, 0.15) is 0 Å². The standard InChI is InChI=1S/C11H13N3O/c1-7-5-3-4-6-8(7)11(2)9(15)13-10(12)14-11/h3-6H,1-2H3,(H3,12,13,14,15). The van der Waals surface area contributed by atoms with Crippen molar-refractivity contribution in [3.8, 4) is 0 Å². The molecule has 2 rings (SSSR count). The van der Waals surface area contributed by atoms with Gasteiger partial charge in [-0.25, -0.2) is 4.99 Å². The first-order chi connectivity index (χ1) is 7.04. The van der Waals surface area contributed by atoms with E-state index >= 15 is 0 Å². The Balaban J connectivity index is 2.56. The molecule has 4 nitrogen and oxygen atoms in total. The third kappa shape index (κ3) is 1.38. The molecule has 0 aliphatic carbocycles. The van der Waals surface area contributed by atoms with E-state index in [2.05, 4.69) is 10.3 Å². The number of aryl methyl sites for hydroxylation is 1. The molecule has 1 aliphatic rings. The van der Waals surface area contributed by atoms with Gasteiger partial charge in [0.25, 0.3) is 5.91 Å². The van der Waals surface area contributed by atoms with Gasteiger partial charge in [0.15, 0.2) is 11.5 Å². The van der Waals surface area contributed by atoms with Gasteiger partial charge in [0, 0.05) is 0 Å². The second-order valence-electron chi connectivity index (χ2n) is 3.84. The molecule has 1 aromatic carbocycles. The lowest BCUT2D eigenvalue weighted by atomic mass is 9.89. The van der Waals surface area contributed by atoms with Gasteiger partial charge >= 0.3 is 0 Å². The number of nitrogens with one attached hydrogen (secondary N) is 1. The van der Waals surface area contributed by atoms with Gasteiger partial charge in [-0.2, -0.15) is 0 Å². The quantitative estimate of drug-likeness (QED) is 0.703. The molecule has 1 aromatic rings. The first kappa shape index (κ1) is 9.71. The van der Waals surface area contributed by atoms with Crippen molar-refractivity contribution in [3.63, 3.8) is 0 Å². The van der Waals surface area contributed by atoms with Crippen molar-refractivity contribution in [2.24, 2.45) is 10.7 Å². The van der Waals surface area contributed by atoms with E-state index in [0.29, 0.717) is 0 Å². The van der Waals surface area contributed by atoms with E-state index in [0.717, 1.165) is 11.1 Å². The van der Waals surface area contributed by atoms with Crippen LogP contribution in [-0.2, 0) is 10.3 Å². The van der Waals surface area contributed by atoms with Gasteiger partial charge in [-0.3, -0.25) is 10.1 Å². The average molecular weight is 203 g/mol. The third-order valence-electron chi connectivity index (χ3n) is 2.70. The molecular weight excluding hydrogens is 190 g/mol. The highest BCUT2D eigenvalue weighted by Crippen LogP contribution is 2.30. The Morgan fingerprint density at radius 3 is 2.60 bits per heavy atom. The summed E-state index contributed by atoms with van der Waals surface area (Å²) >= 11 is 0. The summed E-state index contributed by atoms with van der Waals surface area (Å²) in [6.07, 6.45) is 0. The molecule has 1 atom stereocenters. The molecule has 4 heteroatoms. The van der Waals surface area contributed by atoms with Gasteiger partial charge in [-0.15, -0.1) is 0 Å². The molecule has 78 valence electrons. The van der Waals surface area contributed by atoms with Crippen molar-refractivity contribution in [1.29, 1.82) is 0 Å². The number of benzene rings is 1. The predicted molar refractivity (Wildman–Crippen MR) is 58.3 cm³/mol. The van der Waals surface area contributed by atoms with E-state index in [9.17, 15) is 4.79 Å². The van der Waals surface area contributed by atoms with Crippen LogP contribution in [0.4, 0.5) is 0 Å². The van der Waals surface area contributed by atoms with E-state index in [1.54, 1.807) is 6.92 Å². The first-order valence-electron chi connectivity index (χ1n) is 4.77. The van der Waals surface area contributed by atoms with Crippen molar-refractivity contribution in [1.82, 2.24) is 5.32 Å². The SMILES string of the molecule is Cc1ccccc1C1(C)N=C(N)NC1=O. The third-order valence-corrected chi connectivity index (χ3v) is 2.70. The maximum Gasteiger partial charge on any atom is 0.259 e. The summed E-state index contributed by atoms with van der Waals surface area (Å²) in [6.45, 7) is 3.72. The van der Waals surface area contributed by atoms with Crippen LogP contribution in [0.2, 0.25) is 0 Å². The van der Waals surface area contributed by atoms with Gasteiger partial charge in [0.05, 0.1) is 0 Å². The van der Waals surface area contributed by atoms with E-state index < -0.39 is 5.54 Å². The molecule has 1 heterocycles. The van der Waals surface area contributed by atoms with Crippen LogP contribution in [0.15, 0.2) is 29.3 Å². The van der Waals surface area contributed by atoms with Gasteiger partial charge < -0.3 is 5.73 Å². The Bertz CT molecular complexity index is 453. The number of amides is 1. The van der Waals surface area contributed by atoms with Crippen LogP contribution in [0.3, 0.4) is 0 Å². The average Bonchev–Trinajstić information content (AvgIpc) is 2.42. The number of rotatable bonds is 1. The fourth-order valence-corrected chi connectivity index (χ4v) is 1.86. The fourth-order valence-electron chi connectivity index (χ4n) is 1.86. The molecule has 3 N–H and O–H groups in total. The molecule has 0 spiro atoms. The maximum absolute atomic E-state index is 11.8. The molecular formula is C11H13N3O. The van der Waals surface area contributed by atoms with Crippen LogP contribution in [0.1, 0.15) is 18.1 Å². The molecule has 0 bridgehead atoms. The second kappa shape index (κ2) is 3.08. The first-order valence-corrected chi connectivity index (χ1v) is 4.77. The topological polar surface area (TPSA) is 67.5 Å². The molecule has 1 aliphatic heterocycles. The summed E-state index contributed by atoms with van der Waals surface area (Å²) in [7, 11) is 0. The van der Waals surface area contributed by atoms with Crippen LogP contribution >= 0.6 is 0 Å². The molecule has 0 radical (unpaired) electrons. The smallest absolute Gasteiger partial charge is 0.259 e. The Morgan fingerprint density at radius 2 is 2.07 bits per heavy atom. The van der Waals surface area contributed by atoms with Crippen LogP contribution in [0, 0.1) is 6.92 Å². The zero-order valence-electron chi connectivity index (χ0n) is 8.74. The summed E-state index contributed by atoms with van der Waals surface area (Å²) in [5.74, 6) is 0.0139. The molecule has 0 fully saturated rings. The van der Waals surface area contributed by atoms with Crippen LogP contribution in [0.5, 0.6) is 0 Å². The molecule has 0 saturated carbocycles. The molecule has 0 saturated heterocycles. The Labute approximate surface area is 88.2 Å². The largest absolute Gasteiger partial charge is 0.370 e. The zero-order valence-corrected chi connectivity index (χ0v) is 8.74. The van der Waals surface area contributed by atoms with E-state index in [1.165, 1.54) is 0 Å². The normalized spacial score (nSPS) is 24.9. The highest BCUT2D eigenvalue weighted by atomic mass is 16.2. The summed E-state index contributed by atoms with van der Waals surface area (Å²) < 4.78 is 0. The number of guanidine groups is 1. The number of aliphatic imine (C=N–C) groups is 1. The van der Waals surface area contributed by atoms with Crippen molar-refractivity contribution in [3.05, 3.63) is 35.4 Å². The van der Waals surface area contributed by atoms with E-state index in [-0.39, 0.29) is 11.9 Å². The Morgan fingerprint density at radius 1 is 1.40 bits per heavy atom. The summed E-state index contributed by atoms with van der Waals surface area (Å²) in [4.78, 5) is 15.9. The summed E-state index contributed by atoms with van der Waals surface area (Å²) in [5.41, 5.74) is 6.55. The number of nitrogens with two attached hydrogens (primary N) is 1. The number of hydrogen-bond acceptors (Lipinski definition) is 3. The minimum Gasteiger partial charge on any atom is -0.370 e. The summed E-state index contributed by atoms with van der Waals surface area (Å²) in [6, 6.07) is 7.68. The van der Waals surface area contributed by atoms with Gasteiger partial charge in [-0.05, 0) is 25.0 Å². The summed E-state index contributed by atoms with van der Waals surface area (Å²) in [5, 5.41) is 2.52. The molecule has 1 unspecified atom stereocenters.